The van der Waals surface area contributed by atoms with E-state index in [1.807, 2.05) is 13.1 Å². The quantitative estimate of drug-likeness (QED) is 0.833. The number of aryl methyl sites for hydroxylation is 1. The third-order valence-electron chi connectivity index (χ3n) is 2.72. The fourth-order valence-corrected chi connectivity index (χ4v) is 2.27. The molecule has 0 fully saturated rings. The largest absolute Gasteiger partial charge is 0.339 e. The van der Waals surface area contributed by atoms with Crippen LogP contribution in [0.3, 0.4) is 0 Å². The number of nitrogens with one attached hydrogen (secondary N) is 1. The minimum Gasteiger partial charge on any atom is -0.339 e. The van der Waals surface area contributed by atoms with Gasteiger partial charge in [-0.3, -0.25) is 0 Å². The SMILES string of the molecule is CNCCCc1nc(Cc2c(Cl)cccc2Cl)no1. The highest BCUT2D eigenvalue weighted by Crippen LogP contribution is 2.26. The lowest BCUT2D eigenvalue weighted by atomic mass is 10.1. The Bertz CT molecular complexity index is 522. The van der Waals surface area contributed by atoms with Gasteiger partial charge in [-0.05, 0) is 37.7 Å². The number of nitrogens with zero attached hydrogens (tertiary/aromatic N) is 2. The van der Waals surface area contributed by atoms with Crippen LogP contribution >= 0.6 is 23.2 Å². The topological polar surface area (TPSA) is 51.0 Å². The maximum absolute atomic E-state index is 6.11. The van der Waals surface area contributed by atoms with Crippen LogP contribution in [0.25, 0.3) is 0 Å². The summed E-state index contributed by atoms with van der Waals surface area (Å²) < 4.78 is 5.19. The minimum absolute atomic E-state index is 0.480. The van der Waals surface area contributed by atoms with Crippen LogP contribution in [0.4, 0.5) is 0 Å². The molecular formula is C13H15Cl2N3O. The molecule has 0 unspecified atom stereocenters. The van der Waals surface area contributed by atoms with Gasteiger partial charge in [-0.15, -0.1) is 0 Å². The summed E-state index contributed by atoms with van der Waals surface area (Å²) in [7, 11) is 1.92. The molecule has 0 aliphatic rings. The van der Waals surface area contributed by atoms with E-state index < -0.39 is 0 Å². The average Bonchev–Trinajstić information content (AvgIpc) is 2.82. The molecule has 0 bridgehead atoms. The van der Waals surface area contributed by atoms with E-state index in [-0.39, 0.29) is 0 Å². The molecule has 19 heavy (non-hydrogen) atoms. The van der Waals surface area contributed by atoms with Crippen molar-refractivity contribution >= 4 is 23.2 Å². The highest BCUT2D eigenvalue weighted by molar-refractivity contribution is 6.36. The van der Waals surface area contributed by atoms with E-state index in [1.165, 1.54) is 0 Å². The Morgan fingerprint density at radius 3 is 2.68 bits per heavy atom. The third-order valence-corrected chi connectivity index (χ3v) is 3.43. The van der Waals surface area contributed by atoms with Crippen molar-refractivity contribution in [1.29, 1.82) is 0 Å². The Morgan fingerprint density at radius 1 is 1.26 bits per heavy atom. The van der Waals surface area contributed by atoms with Gasteiger partial charge >= 0.3 is 0 Å². The summed E-state index contributed by atoms with van der Waals surface area (Å²) in [5.41, 5.74) is 0.827. The Morgan fingerprint density at radius 2 is 2.00 bits per heavy atom. The molecular weight excluding hydrogens is 285 g/mol. The lowest BCUT2D eigenvalue weighted by Crippen LogP contribution is -2.08. The number of halogens is 2. The molecule has 2 rings (SSSR count). The molecule has 0 radical (unpaired) electrons. The Kier molecular flexibility index (Phi) is 5.19. The summed E-state index contributed by atoms with van der Waals surface area (Å²) in [6.45, 7) is 0.925. The zero-order valence-electron chi connectivity index (χ0n) is 10.6. The molecule has 0 saturated carbocycles. The normalized spacial score (nSPS) is 10.9. The molecule has 1 N–H and O–H groups in total. The zero-order chi connectivity index (χ0) is 13.7. The summed E-state index contributed by atoms with van der Waals surface area (Å²) in [4.78, 5) is 4.34. The molecule has 1 aromatic heterocycles. The first-order chi connectivity index (χ1) is 9.20. The first kappa shape index (κ1) is 14.3. The monoisotopic (exact) mass is 299 g/mol. The molecule has 102 valence electrons. The fourth-order valence-electron chi connectivity index (χ4n) is 1.74. The van der Waals surface area contributed by atoms with Crippen LogP contribution in [0.15, 0.2) is 22.7 Å². The van der Waals surface area contributed by atoms with Gasteiger partial charge < -0.3 is 9.84 Å². The van der Waals surface area contributed by atoms with Gasteiger partial charge in [-0.1, -0.05) is 34.4 Å². The van der Waals surface area contributed by atoms with Gasteiger partial charge in [0.15, 0.2) is 5.82 Å². The zero-order valence-corrected chi connectivity index (χ0v) is 12.1. The molecule has 0 spiro atoms. The van der Waals surface area contributed by atoms with E-state index in [9.17, 15) is 0 Å². The second-order valence-corrected chi connectivity index (χ2v) is 5.00. The van der Waals surface area contributed by atoms with Crippen LogP contribution in [0.1, 0.15) is 23.7 Å². The molecule has 4 nitrogen and oxygen atoms in total. The molecule has 0 saturated heterocycles. The highest BCUT2D eigenvalue weighted by Gasteiger charge is 2.11. The van der Waals surface area contributed by atoms with Gasteiger partial charge in [0.2, 0.25) is 5.89 Å². The molecule has 2 aromatic rings. The first-order valence-electron chi connectivity index (χ1n) is 6.09. The third kappa shape index (κ3) is 3.93. The summed E-state index contributed by atoms with van der Waals surface area (Å²) >= 11 is 12.2. The predicted molar refractivity (Wildman–Crippen MR) is 75.8 cm³/mol. The number of aromatic nitrogens is 2. The number of hydrogen-bond donors (Lipinski definition) is 1. The Balaban J connectivity index is 2.03. The maximum atomic E-state index is 6.11. The van der Waals surface area contributed by atoms with E-state index in [1.54, 1.807) is 12.1 Å². The lowest BCUT2D eigenvalue weighted by molar-refractivity contribution is 0.370. The van der Waals surface area contributed by atoms with E-state index in [2.05, 4.69) is 15.5 Å². The maximum Gasteiger partial charge on any atom is 0.226 e. The summed E-state index contributed by atoms with van der Waals surface area (Å²) in [5.74, 6) is 1.25. The molecule has 1 heterocycles. The smallest absolute Gasteiger partial charge is 0.226 e. The van der Waals surface area contributed by atoms with Crippen molar-refractivity contribution in [2.75, 3.05) is 13.6 Å². The van der Waals surface area contributed by atoms with Crippen molar-refractivity contribution < 1.29 is 4.52 Å². The van der Waals surface area contributed by atoms with E-state index >= 15 is 0 Å². The Labute approximate surface area is 122 Å². The number of hydrogen-bond acceptors (Lipinski definition) is 4. The van der Waals surface area contributed by atoms with Crippen LogP contribution in [-0.4, -0.2) is 23.7 Å². The predicted octanol–water partition coefficient (Wildman–Crippen LogP) is 3.12. The number of rotatable bonds is 6. The molecule has 0 amide bonds. The van der Waals surface area contributed by atoms with Gasteiger partial charge in [0, 0.05) is 22.9 Å². The van der Waals surface area contributed by atoms with Gasteiger partial charge in [-0.2, -0.15) is 4.98 Å². The van der Waals surface area contributed by atoms with Gasteiger partial charge in [0.1, 0.15) is 0 Å². The van der Waals surface area contributed by atoms with Crippen LogP contribution < -0.4 is 5.32 Å². The van der Waals surface area contributed by atoms with Gasteiger partial charge in [0.05, 0.1) is 0 Å². The molecule has 0 aliphatic carbocycles. The fraction of sp³-hybridized carbons (Fsp3) is 0.385. The van der Waals surface area contributed by atoms with Crippen molar-refractivity contribution in [2.24, 2.45) is 0 Å². The molecule has 1 aromatic carbocycles. The van der Waals surface area contributed by atoms with E-state index in [0.717, 1.165) is 24.9 Å². The first-order valence-corrected chi connectivity index (χ1v) is 6.85. The van der Waals surface area contributed by atoms with Gasteiger partial charge in [-0.25, -0.2) is 0 Å². The standard InChI is InChI=1S/C13H15Cl2N3O/c1-16-7-3-6-13-17-12(18-19-13)8-9-10(14)4-2-5-11(9)15/h2,4-5,16H,3,6-8H2,1H3. The summed E-state index contributed by atoms with van der Waals surface area (Å²) in [5, 5.41) is 8.26. The summed E-state index contributed by atoms with van der Waals surface area (Å²) in [6.07, 6.45) is 2.21. The minimum atomic E-state index is 0.480. The van der Waals surface area contributed by atoms with Crippen LogP contribution in [0, 0.1) is 0 Å². The summed E-state index contributed by atoms with van der Waals surface area (Å²) in [6, 6.07) is 5.42. The molecule has 6 heteroatoms. The lowest BCUT2D eigenvalue weighted by Gasteiger charge is -2.03. The van der Waals surface area contributed by atoms with Crippen LogP contribution in [-0.2, 0) is 12.8 Å². The van der Waals surface area contributed by atoms with Crippen molar-refractivity contribution in [3.63, 3.8) is 0 Å². The highest BCUT2D eigenvalue weighted by atomic mass is 35.5. The van der Waals surface area contributed by atoms with Crippen molar-refractivity contribution in [3.8, 4) is 0 Å². The second-order valence-electron chi connectivity index (χ2n) is 4.19. The molecule has 0 atom stereocenters. The second kappa shape index (κ2) is 6.89. The van der Waals surface area contributed by atoms with Gasteiger partial charge in [0.25, 0.3) is 0 Å². The van der Waals surface area contributed by atoms with Crippen molar-refractivity contribution in [1.82, 2.24) is 15.5 Å². The number of benzene rings is 1. The van der Waals surface area contributed by atoms with Crippen molar-refractivity contribution in [2.45, 2.75) is 19.3 Å². The van der Waals surface area contributed by atoms with E-state index in [4.69, 9.17) is 27.7 Å². The van der Waals surface area contributed by atoms with Crippen LogP contribution in [0.5, 0.6) is 0 Å². The van der Waals surface area contributed by atoms with Crippen LogP contribution in [0.2, 0.25) is 10.0 Å². The Hall–Kier alpha value is -1.10. The molecule has 0 aliphatic heterocycles. The average molecular weight is 300 g/mol. The van der Waals surface area contributed by atoms with E-state index in [0.29, 0.717) is 28.2 Å². The van der Waals surface area contributed by atoms with Crippen molar-refractivity contribution in [3.05, 3.63) is 45.5 Å².